The summed E-state index contributed by atoms with van der Waals surface area (Å²) in [6.45, 7) is 4.55. The van der Waals surface area contributed by atoms with Gasteiger partial charge in [0, 0.05) is 42.5 Å². The Balaban J connectivity index is 1.58. The number of fused-ring (bicyclic) bond motifs is 1. The average Bonchev–Trinajstić information content (AvgIpc) is 3.17. The lowest BCUT2D eigenvalue weighted by atomic mass is 10.1. The van der Waals surface area contributed by atoms with Crippen LogP contribution in [-0.2, 0) is 24.8 Å². The van der Waals surface area contributed by atoms with Crippen molar-refractivity contribution in [1.29, 1.82) is 0 Å². The predicted octanol–water partition coefficient (Wildman–Crippen LogP) is 3.51. The number of hydrogen-bond acceptors (Lipinski definition) is 5. The van der Waals surface area contributed by atoms with Gasteiger partial charge < -0.3 is 14.0 Å². The average molecular weight is 372 g/mol. The molecule has 0 spiro atoms. The number of aryl methyl sites for hydroxylation is 1. The van der Waals surface area contributed by atoms with Gasteiger partial charge in [0.1, 0.15) is 0 Å². The van der Waals surface area contributed by atoms with Crippen LogP contribution in [0.3, 0.4) is 0 Å². The Morgan fingerprint density at radius 2 is 2.12 bits per heavy atom. The van der Waals surface area contributed by atoms with Crippen LogP contribution >= 0.6 is 11.8 Å². The van der Waals surface area contributed by atoms with E-state index < -0.39 is 0 Å². The van der Waals surface area contributed by atoms with Crippen molar-refractivity contribution in [3.8, 4) is 0 Å². The van der Waals surface area contributed by atoms with Crippen LogP contribution in [0.2, 0.25) is 0 Å². The molecule has 0 fully saturated rings. The van der Waals surface area contributed by atoms with Gasteiger partial charge in [-0.05, 0) is 12.0 Å². The number of para-hydroxylation sites is 1. The molecule has 2 aromatic heterocycles. The Bertz CT molecular complexity index is 900. The molecule has 0 saturated heterocycles. The molecule has 3 rings (SSSR count). The first-order chi connectivity index (χ1) is 12.4. The molecule has 2 heterocycles. The van der Waals surface area contributed by atoms with E-state index in [0.29, 0.717) is 29.9 Å². The Morgan fingerprint density at radius 1 is 1.35 bits per heavy atom. The van der Waals surface area contributed by atoms with Gasteiger partial charge in [-0.3, -0.25) is 4.79 Å². The van der Waals surface area contributed by atoms with Crippen LogP contribution in [0.1, 0.15) is 25.6 Å². The van der Waals surface area contributed by atoms with Gasteiger partial charge in [0.25, 0.3) is 0 Å². The minimum Gasteiger partial charge on any atom is -0.349 e. The van der Waals surface area contributed by atoms with E-state index in [2.05, 4.69) is 46.9 Å². The maximum absolute atomic E-state index is 12.5. The number of nitrogens with zero attached hydrogens (tertiary/aromatic N) is 4. The molecule has 6 nitrogen and oxygen atoms in total. The Hall–Kier alpha value is -2.28. The number of hydrogen-bond donors (Lipinski definition) is 0. The number of benzene rings is 1. The highest BCUT2D eigenvalue weighted by Crippen LogP contribution is 2.29. The molecule has 7 heteroatoms. The molecule has 1 amide bonds. The van der Waals surface area contributed by atoms with E-state index in [1.54, 1.807) is 23.7 Å². The van der Waals surface area contributed by atoms with Gasteiger partial charge in [-0.2, -0.15) is 4.98 Å². The number of thioether (sulfide) groups is 1. The molecule has 0 bridgehead atoms. The van der Waals surface area contributed by atoms with Crippen molar-refractivity contribution in [1.82, 2.24) is 19.6 Å². The summed E-state index contributed by atoms with van der Waals surface area (Å²) in [7, 11) is 3.78. The molecule has 26 heavy (non-hydrogen) atoms. The monoisotopic (exact) mass is 372 g/mol. The minimum absolute atomic E-state index is 0.0338. The summed E-state index contributed by atoms with van der Waals surface area (Å²) in [6, 6.07) is 8.20. The van der Waals surface area contributed by atoms with Crippen LogP contribution in [0.4, 0.5) is 0 Å². The van der Waals surface area contributed by atoms with Gasteiger partial charge in [0.15, 0.2) is 5.82 Å². The number of amides is 1. The van der Waals surface area contributed by atoms with Gasteiger partial charge in [-0.1, -0.05) is 37.2 Å². The largest absolute Gasteiger partial charge is 0.349 e. The van der Waals surface area contributed by atoms with Crippen LogP contribution in [0, 0.1) is 5.92 Å². The zero-order chi connectivity index (χ0) is 18.7. The fourth-order valence-electron chi connectivity index (χ4n) is 2.76. The SMILES string of the molecule is CC(C)Cc1noc(CN(C)C(=O)CSc2cn(C)c3ccccc23)n1. The lowest BCUT2D eigenvalue weighted by molar-refractivity contribution is -0.127. The lowest BCUT2D eigenvalue weighted by Crippen LogP contribution is -2.27. The number of carbonyl (C=O) groups excluding carboxylic acids is 1. The molecule has 0 aliphatic rings. The number of carbonyl (C=O) groups is 1. The highest BCUT2D eigenvalue weighted by molar-refractivity contribution is 8.00. The summed E-state index contributed by atoms with van der Waals surface area (Å²) in [5, 5.41) is 5.14. The molecular weight excluding hydrogens is 348 g/mol. The maximum Gasteiger partial charge on any atom is 0.246 e. The van der Waals surface area contributed by atoms with Crippen molar-refractivity contribution in [2.24, 2.45) is 13.0 Å². The van der Waals surface area contributed by atoms with Crippen molar-refractivity contribution >= 4 is 28.6 Å². The second-order valence-corrected chi connectivity index (χ2v) is 7.88. The van der Waals surface area contributed by atoms with E-state index >= 15 is 0 Å². The fourth-order valence-corrected chi connectivity index (χ4v) is 3.82. The molecular formula is C19H24N4O2S. The summed E-state index contributed by atoms with van der Waals surface area (Å²) in [4.78, 5) is 19.6. The third kappa shape index (κ3) is 4.27. The van der Waals surface area contributed by atoms with Gasteiger partial charge >= 0.3 is 0 Å². The third-order valence-electron chi connectivity index (χ3n) is 4.11. The van der Waals surface area contributed by atoms with Crippen molar-refractivity contribution in [2.75, 3.05) is 12.8 Å². The maximum atomic E-state index is 12.5. The number of rotatable bonds is 7. The summed E-state index contributed by atoms with van der Waals surface area (Å²) in [6.07, 6.45) is 2.84. The van der Waals surface area contributed by atoms with E-state index in [1.165, 1.54) is 10.9 Å². The van der Waals surface area contributed by atoms with E-state index in [0.717, 1.165) is 11.3 Å². The third-order valence-corrected chi connectivity index (χ3v) is 5.14. The van der Waals surface area contributed by atoms with Crippen LogP contribution in [0.25, 0.3) is 10.9 Å². The summed E-state index contributed by atoms with van der Waals surface area (Å²) < 4.78 is 7.33. The minimum atomic E-state index is 0.0338. The van der Waals surface area contributed by atoms with Gasteiger partial charge in [-0.25, -0.2) is 0 Å². The molecule has 0 aliphatic carbocycles. The van der Waals surface area contributed by atoms with Crippen LogP contribution in [0.15, 0.2) is 39.9 Å². The highest BCUT2D eigenvalue weighted by atomic mass is 32.2. The molecule has 0 radical (unpaired) electrons. The molecule has 0 unspecified atom stereocenters. The van der Waals surface area contributed by atoms with Crippen molar-refractivity contribution < 1.29 is 9.32 Å². The smallest absolute Gasteiger partial charge is 0.246 e. The molecule has 138 valence electrons. The van der Waals surface area contributed by atoms with Gasteiger partial charge in [0.2, 0.25) is 11.8 Å². The zero-order valence-electron chi connectivity index (χ0n) is 15.6. The Morgan fingerprint density at radius 3 is 2.88 bits per heavy atom. The second kappa shape index (κ2) is 7.95. The standard InChI is InChI=1S/C19H24N4O2S/c1-13(2)9-17-20-18(25-21-17)11-23(4)19(24)12-26-16-10-22(3)15-8-6-5-7-14(15)16/h5-8,10,13H,9,11-12H2,1-4H3. The molecule has 0 aliphatic heterocycles. The van der Waals surface area contributed by atoms with Gasteiger partial charge in [-0.15, -0.1) is 11.8 Å². The van der Waals surface area contributed by atoms with Crippen molar-refractivity contribution in [3.05, 3.63) is 42.2 Å². The summed E-state index contributed by atoms with van der Waals surface area (Å²) in [5.41, 5.74) is 1.17. The second-order valence-electron chi connectivity index (χ2n) is 6.86. The first-order valence-electron chi connectivity index (χ1n) is 8.66. The van der Waals surface area contributed by atoms with Crippen molar-refractivity contribution in [3.63, 3.8) is 0 Å². The zero-order valence-corrected chi connectivity index (χ0v) is 16.4. The van der Waals surface area contributed by atoms with Gasteiger partial charge in [0.05, 0.1) is 12.3 Å². The first kappa shape index (κ1) is 18.5. The van der Waals surface area contributed by atoms with Crippen molar-refractivity contribution in [2.45, 2.75) is 31.7 Å². The van der Waals surface area contributed by atoms with Crippen LogP contribution in [-0.4, -0.2) is 38.3 Å². The Kier molecular flexibility index (Phi) is 5.66. The number of aromatic nitrogens is 3. The summed E-state index contributed by atoms with van der Waals surface area (Å²) >= 11 is 1.55. The summed E-state index contributed by atoms with van der Waals surface area (Å²) in [5.74, 6) is 2.05. The molecule has 0 N–H and O–H groups in total. The molecule has 0 saturated carbocycles. The topological polar surface area (TPSA) is 64.2 Å². The van der Waals surface area contributed by atoms with E-state index in [-0.39, 0.29) is 5.91 Å². The normalized spacial score (nSPS) is 11.4. The quantitative estimate of drug-likeness (QED) is 0.594. The first-order valence-corrected chi connectivity index (χ1v) is 9.65. The predicted molar refractivity (Wildman–Crippen MR) is 103 cm³/mol. The Labute approximate surface area is 157 Å². The molecule has 3 aromatic rings. The highest BCUT2D eigenvalue weighted by Gasteiger charge is 2.16. The van der Waals surface area contributed by atoms with E-state index in [9.17, 15) is 4.79 Å². The van der Waals surface area contributed by atoms with E-state index in [4.69, 9.17) is 4.52 Å². The molecule has 0 atom stereocenters. The van der Waals surface area contributed by atoms with Crippen LogP contribution < -0.4 is 0 Å². The van der Waals surface area contributed by atoms with Crippen LogP contribution in [0.5, 0.6) is 0 Å². The van der Waals surface area contributed by atoms with E-state index in [1.807, 2.05) is 19.2 Å². The fraction of sp³-hybridized carbons (Fsp3) is 0.421. The lowest BCUT2D eigenvalue weighted by Gasteiger charge is -2.14. The molecule has 1 aromatic carbocycles.